The van der Waals surface area contributed by atoms with Crippen LogP contribution >= 0.6 is 0 Å². The molecule has 0 bridgehead atoms. The molecule has 0 amide bonds. The number of fused-ring (bicyclic) bond motifs is 6. The molecule has 2 heterocycles. The van der Waals surface area contributed by atoms with Crippen LogP contribution in [0.4, 0.5) is 17.1 Å². The third-order valence-corrected chi connectivity index (χ3v) is 12.4. The van der Waals surface area contributed by atoms with Crippen molar-refractivity contribution in [3.8, 4) is 50.2 Å². The van der Waals surface area contributed by atoms with Crippen LogP contribution in [-0.2, 0) is 0 Å². The average Bonchev–Trinajstić information content (AvgIpc) is 3.92. The first kappa shape index (κ1) is 36.5. The van der Waals surface area contributed by atoms with Crippen LogP contribution in [0.5, 0.6) is 0 Å². The SMILES string of the molecule is c1ccc(-c2ccccc2-c2c(-c3ccccc3)cccc2N(c2ccc(-c3cccc4c3c3ccccc3n4-c3ccccc3)cc2)c2cccc3c2oc2ccccc23)cc1. The molecule has 0 fully saturated rings. The van der Waals surface area contributed by atoms with Crippen molar-refractivity contribution in [2.24, 2.45) is 0 Å². The lowest BCUT2D eigenvalue weighted by atomic mass is 9.87. The van der Waals surface area contributed by atoms with Crippen molar-refractivity contribution >= 4 is 60.8 Å². The second kappa shape index (κ2) is 15.3. The van der Waals surface area contributed by atoms with Crippen LogP contribution in [0.2, 0.25) is 0 Å². The number of furan rings is 1. The Hall–Kier alpha value is -8.40. The molecular weight excluding hydrogens is 765 g/mol. The van der Waals surface area contributed by atoms with E-state index >= 15 is 0 Å². The number of benzene rings is 10. The molecule has 63 heavy (non-hydrogen) atoms. The molecule has 3 heteroatoms. The molecule has 0 radical (unpaired) electrons. The molecule has 3 nitrogen and oxygen atoms in total. The van der Waals surface area contributed by atoms with Crippen molar-refractivity contribution in [3.05, 3.63) is 243 Å². The van der Waals surface area contributed by atoms with Gasteiger partial charge in [0.2, 0.25) is 0 Å². The van der Waals surface area contributed by atoms with Gasteiger partial charge in [0, 0.05) is 38.5 Å². The Morgan fingerprint density at radius 1 is 0.333 bits per heavy atom. The highest BCUT2D eigenvalue weighted by Gasteiger charge is 2.26. The van der Waals surface area contributed by atoms with Gasteiger partial charge in [0.05, 0.1) is 22.4 Å². The fraction of sp³-hybridized carbons (Fsp3) is 0. The molecule has 0 unspecified atom stereocenters. The molecule has 0 atom stereocenters. The summed E-state index contributed by atoms with van der Waals surface area (Å²) in [5, 5.41) is 4.65. The molecule has 2 aromatic heterocycles. The van der Waals surface area contributed by atoms with Crippen LogP contribution in [-0.4, -0.2) is 4.57 Å². The normalized spacial score (nSPS) is 11.5. The molecule has 0 aliphatic rings. The molecule has 12 aromatic rings. The fourth-order valence-electron chi connectivity index (χ4n) is 9.66. The van der Waals surface area contributed by atoms with E-state index in [4.69, 9.17) is 4.42 Å². The standard InChI is InChI=1S/C60H40N2O/c1-4-19-41(20-5-1)46-25-10-11-27-50(46)58-47(42-21-6-2-7-22-42)29-16-33-54(58)62(56-35-18-31-51-49-26-13-15-36-57(49)63-60(51)56)45-39-37-43(38-40-45)48-30-17-34-55-59(48)52-28-12-14-32-53(52)61(55)44-23-8-3-9-24-44/h1-40H. The van der Waals surface area contributed by atoms with E-state index in [2.05, 4.69) is 246 Å². The smallest absolute Gasteiger partial charge is 0.159 e. The summed E-state index contributed by atoms with van der Waals surface area (Å²) in [5.74, 6) is 0. The number of hydrogen-bond donors (Lipinski definition) is 0. The van der Waals surface area contributed by atoms with Crippen LogP contribution in [0.3, 0.4) is 0 Å². The van der Waals surface area contributed by atoms with Gasteiger partial charge in [-0.3, -0.25) is 0 Å². The van der Waals surface area contributed by atoms with Crippen molar-refractivity contribution < 1.29 is 4.42 Å². The minimum atomic E-state index is 0.841. The molecule has 12 rings (SSSR count). The minimum Gasteiger partial charge on any atom is -0.454 e. The summed E-state index contributed by atoms with van der Waals surface area (Å²) in [7, 11) is 0. The molecule has 0 aliphatic heterocycles. The number of anilines is 3. The summed E-state index contributed by atoms with van der Waals surface area (Å²) in [6, 6.07) is 87.0. The topological polar surface area (TPSA) is 21.3 Å². The third-order valence-electron chi connectivity index (χ3n) is 12.4. The Kier molecular flexibility index (Phi) is 8.83. The van der Waals surface area contributed by atoms with Crippen LogP contribution in [0.25, 0.3) is 93.9 Å². The van der Waals surface area contributed by atoms with Gasteiger partial charge in [0.15, 0.2) is 5.58 Å². The fourth-order valence-corrected chi connectivity index (χ4v) is 9.66. The summed E-state index contributed by atoms with van der Waals surface area (Å²) in [6.07, 6.45) is 0. The predicted octanol–water partition coefficient (Wildman–Crippen LogP) is 16.8. The summed E-state index contributed by atoms with van der Waals surface area (Å²) >= 11 is 0. The lowest BCUT2D eigenvalue weighted by Gasteiger charge is -2.30. The minimum absolute atomic E-state index is 0.841. The van der Waals surface area contributed by atoms with E-state index in [9.17, 15) is 0 Å². The van der Waals surface area contributed by atoms with E-state index in [-0.39, 0.29) is 0 Å². The van der Waals surface area contributed by atoms with E-state index in [1.54, 1.807) is 0 Å². The Balaban J connectivity index is 1.11. The Morgan fingerprint density at radius 3 is 1.63 bits per heavy atom. The quantitative estimate of drug-likeness (QED) is 0.153. The summed E-state index contributed by atoms with van der Waals surface area (Å²) in [5.41, 5.74) is 17.5. The molecule has 0 spiro atoms. The van der Waals surface area contributed by atoms with Gasteiger partial charge in [-0.1, -0.05) is 188 Å². The maximum Gasteiger partial charge on any atom is 0.159 e. The maximum absolute atomic E-state index is 6.84. The number of rotatable bonds is 8. The van der Waals surface area contributed by atoms with E-state index < -0.39 is 0 Å². The average molecular weight is 805 g/mol. The van der Waals surface area contributed by atoms with Crippen LogP contribution in [0.15, 0.2) is 247 Å². The van der Waals surface area contributed by atoms with Crippen molar-refractivity contribution in [2.45, 2.75) is 0 Å². The molecule has 0 saturated carbocycles. The second-order valence-corrected chi connectivity index (χ2v) is 16.0. The maximum atomic E-state index is 6.84. The highest BCUT2D eigenvalue weighted by atomic mass is 16.3. The molecule has 0 N–H and O–H groups in total. The van der Waals surface area contributed by atoms with Crippen LogP contribution in [0.1, 0.15) is 0 Å². The second-order valence-electron chi connectivity index (χ2n) is 16.0. The van der Waals surface area contributed by atoms with Gasteiger partial charge in [0.25, 0.3) is 0 Å². The summed E-state index contributed by atoms with van der Waals surface area (Å²) in [6.45, 7) is 0. The Labute approximate surface area is 366 Å². The van der Waals surface area contributed by atoms with Gasteiger partial charge in [-0.05, 0) is 93.5 Å². The van der Waals surface area contributed by atoms with E-state index in [0.717, 1.165) is 72.5 Å². The number of hydrogen-bond acceptors (Lipinski definition) is 2. The van der Waals surface area contributed by atoms with Gasteiger partial charge < -0.3 is 13.9 Å². The summed E-state index contributed by atoms with van der Waals surface area (Å²) < 4.78 is 9.22. The zero-order valence-corrected chi connectivity index (χ0v) is 34.4. The van der Waals surface area contributed by atoms with Gasteiger partial charge in [-0.2, -0.15) is 0 Å². The highest BCUT2D eigenvalue weighted by Crippen LogP contribution is 2.50. The Morgan fingerprint density at radius 2 is 0.857 bits per heavy atom. The van der Waals surface area contributed by atoms with Crippen molar-refractivity contribution in [1.82, 2.24) is 4.57 Å². The van der Waals surface area contributed by atoms with E-state index in [0.29, 0.717) is 0 Å². The van der Waals surface area contributed by atoms with E-state index in [1.807, 2.05) is 6.07 Å². The first-order chi connectivity index (χ1) is 31.3. The number of para-hydroxylation sites is 4. The largest absolute Gasteiger partial charge is 0.454 e. The van der Waals surface area contributed by atoms with Gasteiger partial charge in [0.1, 0.15) is 5.58 Å². The van der Waals surface area contributed by atoms with Crippen molar-refractivity contribution in [1.29, 1.82) is 0 Å². The van der Waals surface area contributed by atoms with Crippen molar-refractivity contribution in [3.63, 3.8) is 0 Å². The third kappa shape index (κ3) is 6.13. The zero-order valence-electron chi connectivity index (χ0n) is 34.4. The molecule has 10 aromatic carbocycles. The first-order valence-corrected chi connectivity index (χ1v) is 21.5. The Bertz CT molecular complexity index is 3600. The van der Waals surface area contributed by atoms with Gasteiger partial charge >= 0.3 is 0 Å². The lowest BCUT2D eigenvalue weighted by molar-refractivity contribution is 0.669. The first-order valence-electron chi connectivity index (χ1n) is 21.5. The van der Waals surface area contributed by atoms with Gasteiger partial charge in [-0.25, -0.2) is 0 Å². The van der Waals surface area contributed by atoms with Gasteiger partial charge in [-0.15, -0.1) is 0 Å². The lowest BCUT2D eigenvalue weighted by Crippen LogP contribution is -2.12. The van der Waals surface area contributed by atoms with Crippen molar-refractivity contribution in [2.75, 3.05) is 4.90 Å². The molecule has 296 valence electrons. The van der Waals surface area contributed by atoms with E-state index in [1.165, 1.54) is 38.5 Å². The predicted molar refractivity (Wildman–Crippen MR) is 264 cm³/mol. The van der Waals surface area contributed by atoms with Crippen LogP contribution in [0, 0.1) is 0 Å². The monoisotopic (exact) mass is 804 g/mol. The number of nitrogens with zero attached hydrogens (tertiary/aromatic N) is 2. The highest BCUT2D eigenvalue weighted by molar-refractivity contribution is 6.16. The molecule has 0 aliphatic carbocycles. The molecular formula is C60H40N2O. The zero-order chi connectivity index (χ0) is 41.7. The number of aromatic nitrogens is 1. The molecule has 0 saturated heterocycles. The summed E-state index contributed by atoms with van der Waals surface area (Å²) in [4.78, 5) is 2.40. The van der Waals surface area contributed by atoms with Crippen LogP contribution < -0.4 is 4.90 Å².